The lowest BCUT2D eigenvalue weighted by Crippen LogP contribution is -2.37. The summed E-state index contributed by atoms with van der Waals surface area (Å²) in [5, 5.41) is 9.75. The zero-order chi connectivity index (χ0) is 9.26. The molecule has 0 amide bonds. The fraction of sp³-hybridized carbons (Fsp3) is 0.400. The van der Waals surface area contributed by atoms with E-state index in [0.717, 1.165) is 18.6 Å². The zero-order valence-electron chi connectivity index (χ0n) is 7.11. The van der Waals surface area contributed by atoms with Crippen LogP contribution in [0.2, 0.25) is 5.02 Å². The lowest BCUT2D eigenvalue weighted by Gasteiger charge is -2.31. The Morgan fingerprint density at radius 2 is 1.85 bits per heavy atom. The van der Waals surface area contributed by atoms with Crippen molar-refractivity contribution in [2.75, 3.05) is 0 Å². The number of hydrogen-bond donors (Lipinski definition) is 1. The molecule has 0 heterocycles. The molecule has 1 fully saturated rings. The van der Waals surface area contributed by atoms with Gasteiger partial charge in [0.05, 0.1) is 6.10 Å². The molecule has 0 spiro atoms. The quantitative estimate of drug-likeness (QED) is 0.790. The van der Waals surface area contributed by atoms with Gasteiger partial charge in [0.15, 0.2) is 0 Å². The van der Waals surface area contributed by atoms with Crippen LogP contribution in [-0.2, 0) is 0 Å². The van der Waals surface area contributed by atoms with Crippen LogP contribution in [0.15, 0.2) is 24.3 Å². The third-order valence-corrected chi connectivity index (χ3v) is 2.44. The third-order valence-electron chi connectivity index (χ3n) is 2.19. The monoisotopic (exact) mass is 198 g/mol. The molecule has 0 atom stereocenters. The maximum absolute atomic E-state index is 9.04. The van der Waals surface area contributed by atoms with E-state index >= 15 is 0 Å². The lowest BCUT2D eigenvalue weighted by atomic mass is 9.92. The van der Waals surface area contributed by atoms with Crippen molar-refractivity contribution >= 4 is 11.6 Å². The van der Waals surface area contributed by atoms with Gasteiger partial charge in [-0.3, -0.25) is 0 Å². The Bertz CT molecular complexity index is 277. The Labute approximate surface area is 82.1 Å². The van der Waals surface area contributed by atoms with Crippen LogP contribution < -0.4 is 4.74 Å². The number of benzene rings is 1. The van der Waals surface area contributed by atoms with Gasteiger partial charge in [0.2, 0.25) is 0 Å². The van der Waals surface area contributed by atoms with Gasteiger partial charge >= 0.3 is 0 Å². The largest absolute Gasteiger partial charge is 0.490 e. The molecule has 1 aromatic carbocycles. The van der Waals surface area contributed by atoms with Crippen molar-refractivity contribution in [2.45, 2.75) is 25.0 Å². The summed E-state index contributed by atoms with van der Waals surface area (Å²) in [4.78, 5) is 0. The predicted molar refractivity (Wildman–Crippen MR) is 51.1 cm³/mol. The Morgan fingerprint density at radius 3 is 2.38 bits per heavy atom. The van der Waals surface area contributed by atoms with Crippen molar-refractivity contribution in [3.05, 3.63) is 29.3 Å². The highest BCUT2D eigenvalue weighted by molar-refractivity contribution is 6.30. The van der Waals surface area contributed by atoms with Crippen molar-refractivity contribution in [1.29, 1.82) is 0 Å². The van der Waals surface area contributed by atoms with Crippen LogP contribution in [-0.4, -0.2) is 17.3 Å². The predicted octanol–water partition coefficient (Wildman–Crippen LogP) is 2.24. The van der Waals surface area contributed by atoms with Gasteiger partial charge in [-0.2, -0.15) is 0 Å². The van der Waals surface area contributed by atoms with E-state index in [9.17, 15) is 0 Å². The van der Waals surface area contributed by atoms with Gasteiger partial charge in [0, 0.05) is 17.9 Å². The number of rotatable bonds is 2. The van der Waals surface area contributed by atoms with E-state index in [1.807, 2.05) is 12.1 Å². The SMILES string of the molecule is OC1CC(Oc2ccc(Cl)cc2)C1. The molecule has 0 aliphatic heterocycles. The van der Waals surface area contributed by atoms with Crippen molar-refractivity contribution in [1.82, 2.24) is 0 Å². The second-order valence-corrected chi connectivity index (χ2v) is 3.76. The summed E-state index contributed by atoms with van der Waals surface area (Å²) in [6.07, 6.45) is 1.49. The molecule has 0 aromatic heterocycles. The number of hydrogen-bond acceptors (Lipinski definition) is 2. The van der Waals surface area contributed by atoms with Gasteiger partial charge in [-0.15, -0.1) is 0 Å². The second kappa shape index (κ2) is 3.56. The van der Waals surface area contributed by atoms with Crippen molar-refractivity contribution in [2.24, 2.45) is 0 Å². The molecular weight excluding hydrogens is 188 g/mol. The number of aliphatic hydroxyl groups excluding tert-OH is 1. The highest BCUT2D eigenvalue weighted by atomic mass is 35.5. The molecule has 1 N–H and O–H groups in total. The van der Waals surface area contributed by atoms with Crippen LogP contribution >= 0.6 is 11.6 Å². The standard InChI is InChI=1S/C10H11ClO2/c11-7-1-3-9(4-2-7)13-10-5-8(12)6-10/h1-4,8,10,12H,5-6H2. The Balaban J connectivity index is 1.91. The van der Waals surface area contributed by atoms with Gasteiger partial charge < -0.3 is 9.84 Å². The molecule has 1 aliphatic carbocycles. The fourth-order valence-electron chi connectivity index (χ4n) is 1.34. The van der Waals surface area contributed by atoms with Crippen LogP contribution in [0.25, 0.3) is 0 Å². The van der Waals surface area contributed by atoms with E-state index in [1.165, 1.54) is 0 Å². The average Bonchev–Trinajstić information content (AvgIpc) is 2.06. The van der Waals surface area contributed by atoms with Gasteiger partial charge in [0.1, 0.15) is 11.9 Å². The normalized spacial score (nSPS) is 26.6. The van der Waals surface area contributed by atoms with Gasteiger partial charge in [-0.1, -0.05) is 11.6 Å². The number of aliphatic hydroxyl groups is 1. The molecule has 13 heavy (non-hydrogen) atoms. The second-order valence-electron chi connectivity index (χ2n) is 3.32. The smallest absolute Gasteiger partial charge is 0.119 e. The van der Waals surface area contributed by atoms with E-state index in [4.69, 9.17) is 21.4 Å². The summed E-state index contributed by atoms with van der Waals surface area (Å²) in [5.41, 5.74) is 0. The van der Waals surface area contributed by atoms with Crippen LogP contribution in [0.4, 0.5) is 0 Å². The third kappa shape index (κ3) is 2.14. The summed E-state index contributed by atoms with van der Waals surface area (Å²) in [6, 6.07) is 7.28. The van der Waals surface area contributed by atoms with Crippen molar-refractivity contribution in [3.63, 3.8) is 0 Å². The maximum Gasteiger partial charge on any atom is 0.119 e. The molecular formula is C10H11ClO2. The molecule has 1 aliphatic rings. The van der Waals surface area contributed by atoms with E-state index in [0.29, 0.717) is 5.02 Å². The molecule has 0 radical (unpaired) electrons. The molecule has 1 saturated carbocycles. The molecule has 0 saturated heterocycles. The minimum Gasteiger partial charge on any atom is -0.490 e. The zero-order valence-corrected chi connectivity index (χ0v) is 7.87. The molecule has 0 bridgehead atoms. The highest BCUT2D eigenvalue weighted by Crippen LogP contribution is 2.26. The van der Waals surface area contributed by atoms with Gasteiger partial charge in [-0.25, -0.2) is 0 Å². The van der Waals surface area contributed by atoms with E-state index in [2.05, 4.69) is 0 Å². The first-order valence-corrected chi connectivity index (χ1v) is 4.72. The summed E-state index contributed by atoms with van der Waals surface area (Å²) >= 11 is 5.72. The summed E-state index contributed by atoms with van der Waals surface area (Å²) in [7, 11) is 0. The average molecular weight is 199 g/mol. The minimum atomic E-state index is -0.169. The molecule has 2 nitrogen and oxygen atoms in total. The first-order valence-electron chi connectivity index (χ1n) is 4.34. The number of halogens is 1. The topological polar surface area (TPSA) is 29.5 Å². The Kier molecular flexibility index (Phi) is 2.42. The molecule has 70 valence electrons. The summed E-state index contributed by atoms with van der Waals surface area (Å²) in [6.45, 7) is 0. The number of ether oxygens (including phenoxy) is 1. The summed E-state index contributed by atoms with van der Waals surface area (Å²) < 4.78 is 5.56. The van der Waals surface area contributed by atoms with Gasteiger partial charge in [0.25, 0.3) is 0 Å². The van der Waals surface area contributed by atoms with Crippen LogP contribution in [0.5, 0.6) is 5.75 Å². The van der Waals surface area contributed by atoms with Crippen LogP contribution in [0.3, 0.4) is 0 Å². The van der Waals surface area contributed by atoms with E-state index < -0.39 is 0 Å². The summed E-state index contributed by atoms with van der Waals surface area (Å²) in [5.74, 6) is 0.821. The van der Waals surface area contributed by atoms with Crippen molar-refractivity contribution in [3.8, 4) is 5.75 Å². The Hall–Kier alpha value is -0.730. The molecule has 0 unspecified atom stereocenters. The lowest BCUT2D eigenvalue weighted by molar-refractivity contribution is -0.0107. The van der Waals surface area contributed by atoms with Crippen molar-refractivity contribution < 1.29 is 9.84 Å². The minimum absolute atomic E-state index is 0.169. The Morgan fingerprint density at radius 1 is 1.23 bits per heavy atom. The highest BCUT2D eigenvalue weighted by Gasteiger charge is 2.28. The molecule has 1 aromatic rings. The van der Waals surface area contributed by atoms with Crippen LogP contribution in [0, 0.1) is 0 Å². The van der Waals surface area contributed by atoms with Gasteiger partial charge in [-0.05, 0) is 24.3 Å². The molecule has 3 heteroatoms. The first kappa shape index (κ1) is 8.85. The molecule has 2 rings (SSSR count). The first-order chi connectivity index (χ1) is 6.24. The maximum atomic E-state index is 9.04. The van der Waals surface area contributed by atoms with E-state index in [1.54, 1.807) is 12.1 Å². The fourth-order valence-corrected chi connectivity index (χ4v) is 1.47. The van der Waals surface area contributed by atoms with Crippen LogP contribution in [0.1, 0.15) is 12.8 Å². The van der Waals surface area contributed by atoms with E-state index in [-0.39, 0.29) is 12.2 Å².